The van der Waals surface area contributed by atoms with Gasteiger partial charge in [0.05, 0.1) is 49.2 Å². The molecule has 4 heterocycles. The van der Waals surface area contributed by atoms with Gasteiger partial charge >= 0.3 is 11.7 Å². The summed E-state index contributed by atoms with van der Waals surface area (Å²) >= 11 is 1.57. The number of nitrogen functional groups attached to an aromatic ring is 1. The first-order valence-electron chi connectivity index (χ1n) is 35.7. The Bertz CT molecular complexity index is 3740. The van der Waals surface area contributed by atoms with Gasteiger partial charge in [0.25, 0.3) is 11.8 Å². The number of aromatic hydroxyl groups is 1. The second-order valence-corrected chi connectivity index (χ2v) is 29.7. The Balaban J connectivity index is 0.000000214. The van der Waals surface area contributed by atoms with Gasteiger partial charge in [0.1, 0.15) is 23.8 Å². The maximum Gasteiger partial charge on any atom is 0.351 e. The molecule has 3 saturated heterocycles. The standard InChI is InChI=1S/C37H48N4O5.C32H45N3O4S.C9H12FN3O3/c1-25(2)34(41-20-12-19-38-37(41)45)36(44)39-30(21-28-15-7-5-8-16-28)23-32(42)31(22-29-17-9-6-10-18-29)40-33(43)24-46-35-26(3)13-11-14-27(35)4;1-21-25(15-10-16-28(21)36)30(38)33-26(20-40-24-13-6-5-7-14-24)29(37)19-35-18-23-12-9-8-11-22(23)17-27(35)31(39)34-32(2,3)4;10-6-3-13(9(15)12-8(6)11)7-2-1-5(4-14)16-7/h5-11,13-18,25,30-32,34,42H,12,19-24H2,1-4H3,(H,38,45)(H,39,44)(H,40,43);5-7,10,13-16,22-23,26-27,29,36-37H,8-9,11-12,17-20H2,1-4H3,(H,33,38)(H,34,39);3,5,7,14H,1-2,4H2,(H2,11,12,15)/t30-,31-,32-,34-;22-,23+,26-,27-,29+;5-,7+/m000/s1. The Kier molecular flexibility index (Phi) is 29.7. The van der Waals surface area contributed by atoms with E-state index in [4.69, 9.17) is 20.3 Å². The number of urea groups is 1. The molecule has 5 aromatic carbocycles. The van der Waals surface area contributed by atoms with E-state index in [-0.39, 0.29) is 78.6 Å². The first kappa shape index (κ1) is 79.3. The molecule has 0 bridgehead atoms. The number of benzene rings is 5. The molecule has 3 aliphatic heterocycles. The van der Waals surface area contributed by atoms with Crippen LogP contribution in [-0.2, 0) is 32.0 Å². The molecule has 6 amide bonds. The van der Waals surface area contributed by atoms with E-state index >= 15 is 0 Å². The van der Waals surface area contributed by atoms with Gasteiger partial charge in [0.2, 0.25) is 11.8 Å². The number of para-hydroxylation sites is 1. The van der Waals surface area contributed by atoms with Gasteiger partial charge in [-0.1, -0.05) is 136 Å². The van der Waals surface area contributed by atoms with Crippen LogP contribution < -0.4 is 42.7 Å². The lowest BCUT2D eigenvalue weighted by Gasteiger charge is -2.47. The highest BCUT2D eigenvalue weighted by molar-refractivity contribution is 7.99. The summed E-state index contributed by atoms with van der Waals surface area (Å²) in [5.41, 5.74) is 8.90. The summed E-state index contributed by atoms with van der Waals surface area (Å²) in [4.78, 5) is 86.1. The monoisotopic (exact) mass is 1420 g/mol. The Labute approximate surface area is 603 Å². The molecular weight excluding hydrogens is 1320 g/mol. The van der Waals surface area contributed by atoms with E-state index in [2.05, 4.69) is 36.5 Å². The van der Waals surface area contributed by atoms with Crippen LogP contribution in [0, 0.1) is 44.3 Å². The maximum atomic E-state index is 13.8. The van der Waals surface area contributed by atoms with Crippen LogP contribution in [0.4, 0.5) is 15.0 Å². The van der Waals surface area contributed by atoms with Crippen LogP contribution in [0.2, 0.25) is 0 Å². The van der Waals surface area contributed by atoms with Gasteiger partial charge in [-0.05, 0) is 157 Å². The SMILES string of the molecule is Cc1c(O)cccc1C(=O)N[C@@H](CSc1ccccc1)[C@H](O)CN1C[C@H]2CCCC[C@H]2C[C@H]1C(=O)NC(C)(C)C.Cc1cccc(C)c1OCC(=O)N[C@@H](Cc1ccccc1)[C@@H](O)C[C@H](Cc1ccccc1)NC(=O)[C@H](C(C)C)N1CCCNC1=O.Nc1nc(=O)n([C@H]2CC[C@@H](CO)O2)cc1F. The number of β-amino-alcohol motifs (C(OH)–C–C–N with tert-alkyl or cyclic N) is 1. The smallest absolute Gasteiger partial charge is 0.351 e. The molecule has 11 atom stereocenters. The van der Waals surface area contributed by atoms with Crippen molar-refractivity contribution in [1.29, 1.82) is 0 Å². The number of carbonyl (C=O) groups excluding carboxylic acids is 5. The highest BCUT2D eigenvalue weighted by Gasteiger charge is 2.43. The average molecular weight is 1430 g/mol. The normalized spacial score (nSPS) is 20.1. The number of anilines is 1. The second kappa shape index (κ2) is 38.2. The molecule has 102 heavy (non-hydrogen) atoms. The number of piperidine rings is 1. The van der Waals surface area contributed by atoms with Gasteiger partial charge < -0.3 is 67.1 Å². The van der Waals surface area contributed by atoms with Crippen molar-refractivity contribution in [3.05, 3.63) is 183 Å². The van der Waals surface area contributed by atoms with Gasteiger partial charge in [-0.3, -0.25) is 28.6 Å². The number of nitrogens with zero attached hydrogens (tertiary/aromatic N) is 4. The third-order valence-electron chi connectivity index (χ3n) is 19.2. The van der Waals surface area contributed by atoms with E-state index in [1.807, 2.05) is 158 Å². The number of phenols is 1. The predicted octanol–water partition coefficient (Wildman–Crippen LogP) is 8.71. The molecule has 0 radical (unpaired) electrons. The number of aliphatic hydroxyl groups is 3. The van der Waals surface area contributed by atoms with E-state index in [9.17, 15) is 48.5 Å². The Morgan fingerprint density at radius 1 is 0.784 bits per heavy atom. The zero-order valence-corrected chi connectivity index (χ0v) is 60.9. The molecule has 4 aliphatic rings. The Hall–Kier alpha value is -8.39. The van der Waals surface area contributed by atoms with Crippen LogP contribution >= 0.6 is 11.8 Å². The minimum atomic E-state index is -0.992. The molecule has 552 valence electrons. The van der Waals surface area contributed by atoms with Crippen LogP contribution in [-0.4, -0.2) is 169 Å². The number of hydrogen-bond donors (Lipinski definition) is 10. The van der Waals surface area contributed by atoms with Crippen molar-refractivity contribution in [3.8, 4) is 11.5 Å². The molecular formula is C78H105FN10O12S. The first-order valence-corrected chi connectivity index (χ1v) is 36.6. The number of carbonyl (C=O) groups is 5. The van der Waals surface area contributed by atoms with Crippen molar-refractivity contribution >= 4 is 47.2 Å². The Morgan fingerprint density at radius 2 is 1.42 bits per heavy atom. The van der Waals surface area contributed by atoms with Crippen molar-refractivity contribution in [2.75, 3.05) is 50.9 Å². The summed E-state index contributed by atoms with van der Waals surface area (Å²) in [6.45, 7) is 17.3. The number of thioether (sulfide) groups is 1. The quantitative estimate of drug-likeness (QED) is 0.0227. The number of aliphatic hydroxyl groups excluding tert-OH is 3. The minimum absolute atomic E-state index is 0.0124. The molecule has 1 aromatic heterocycles. The Morgan fingerprint density at radius 3 is 2.05 bits per heavy atom. The molecule has 22 nitrogen and oxygen atoms in total. The van der Waals surface area contributed by atoms with Gasteiger partial charge in [0, 0.05) is 59.5 Å². The van der Waals surface area contributed by atoms with E-state index in [0.717, 1.165) is 70.1 Å². The molecule has 0 spiro atoms. The number of likely N-dealkylation sites (tertiary alicyclic amines) is 1. The number of halogens is 1. The van der Waals surface area contributed by atoms with Gasteiger partial charge in [-0.2, -0.15) is 4.98 Å². The summed E-state index contributed by atoms with van der Waals surface area (Å²) in [7, 11) is 0. The van der Waals surface area contributed by atoms with Crippen LogP contribution in [0.3, 0.4) is 0 Å². The maximum absolute atomic E-state index is 13.8. The fourth-order valence-electron chi connectivity index (χ4n) is 13.9. The van der Waals surface area contributed by atoms with E-state index in [0.29, 0.717) is 79.8 Å². The fraction of sp³-hybridized carbons (Fsp3) is 0.500. The lowest BCUT2D eigenvalue weighted by atomic mass is 9.72. The number of fused-ring (bicyclic) bond motifs is 1. The number of nitrogens with one attached hydrogen (secondary N) is 5. The second-order valence-electron chi connectivity index (χ2n) is 28.6. The van der Waals surface area contributed by atoms with Gasteiger partial charge in [-0.25, -0.2) is 14.0 Å². The number of hydrogen-bond acceptors (Lipinski definition) is 16. The zero-order chi connectivity index (χ0) is 73.6. The first-order chi connectivity index (χ1) is 48.7. The van der Waals surface area contributed by atoms with Crippen LogP contribution in [0.1, 0.15) is 137 Å². The number of rotatable bonds is 26. The summed E-state index contributed by atoms with van der Waals surface area (Å²) in [6.07, 6.45) is 6.76. The van der Waals surface area contributed by atoms with E-state index < -0.39 is 59.9 Å². The lowest BCUT2D eigenvalue weighted by molar-refractivity contribution is -0.132. The molecule has 1 aliphatic carbocycles. The fourth-order valence-corrected chi connectivity index (χ4v) is 14.9. The number of aromatic nitrogens is 2. The minimum Gasteiger partial charge on any atom is -0.508 e. The summed E-state index contributed by atoms with van der Waals surface area (Å²) in [5, 5.41) is 57.6. The molecule has 1 saturated carbocycles. The molecule has 10 rings (SSSR count). The largest absolute Gasteiger partial charge is 0.508 e. The number of ether oxygens (including phenoxy) is 2. The molecule has 11 N–H and O–H groups in total. The number of aryl methyl sites for hydroxylation is 2. The molecule has 6 aromatic rings. The number of nitrogens with two attached hydrogens (primary N) is 1. The number of amides is 6. The summed E-state index contributed by atoms with van der Waals surface area (Å²) in [6, 6.07) is 37.2. The van der Waals surface area contributed by atoms with Crippen LogP contribution in [0.25, 0.3) is 0 Å². The highest BCUT2D eigenvalue weighted by Crippen LogP contribution is 2.39. The molecule has 0 unspecified atom stereocenters. The van der Waals surface area contributed by atoms with Gasteiger partial charge in [0.15, 0.2) is 18.2 Å². The summed E-state index contributed by atoms with van der Waals surface area (Å²) < 4.78 is 25.4. The third kappa shape index (κ3) is 23.3. The molecule has 4 fully saturated rings. The summed E-state index contributed by atoms with van der Waals surface area (Å²) in [5.74, 6) is 0.0504. The van der Waals surface area contributed by atoms with Crippen molar-refractivity contribution in [2.45, 2.75) is 191 Å². The van der Waals surface area contributed by atoms with Crippen molar-refractivity contribution in [3.63, 3.8) is 0 Å². The number of phenolic OH excluding ortho intramolecular Hbond substituents is 1. The van der Waals surface area contributed by atoms with E-state index in [1.165, 1.54) is 12.8 Å². The van der Waals surface area contributed by atoms with Crippen molar-refractivity contribution < 1.29 is 58.3 Å². The third-order valence-corrected chi connectivity index (χ3v) is 20.3. The zero-order valence-electron chi connectivity index (χ0n) is 60.1. The lowest BCUT2D eigenvalue weighted by Crippen LogP contribution is -2.60. The topological polar surface area (TPSA) is 312 Å². The van der Waals surface area contributed by atoms with Crippen LogP contribution in [0.15, 0.2) is 143 Å². The van der Waals surface area contributed by atoms with Crippen molar-refractivity contribution in [1.82, 2.24) is 45.9 Å². The molecule has 24 heteroatoms. The highest BCUT2D eigenvalue weighted by atomic mass is 32.2. The van der Waals surface area contributed by atoms with Gasteiger partial charge in [-0.15, -0.1) is 11.8 Å². The van der Waals surface area contributed by atoms with Crippen LogP contribution in [0.5, 0.6) is 11.5 Å². The van der Waals surface area contributed by atoms with Crippen molar-refractivity contribution in [2.24, 2.45) is 17.8 Å². The average Bonchev–Trinajstić information content (AvgIpc) is 0.913. The van der Waals surface area contributed by atoms with E-state index in [1.54, 1.807) is 41.8 Å². The predicted molar refractivity (Wildman–Crippen MR) is 393 cm³/mol.